The van der Waals surface area contributed by atoms with Crippen molar-refractivity contribution in [3.8, 4) is 0 Å². The molecule has 1 fully saturated rings. The molecule has 0 radical (unpaired) electrons. The van der Waals surface area contributed by atoms with Crippen molar-refractivity contribution in [3.05, 3.63) is 29.8 Å². The van der Waals surface area contributed by atoms with Crippen molar-refractivity contribution >= 4 is 11.7 Å². The van der Waals surface area contributed by atoms with Crippen LogP contribution in [0.4, 0.5) is 19.3 Å². The minimum Gasteiger partial charge on any atom is -0.388 e. The normalized spacial score (nSPS) is 17.9. The largest absolute Gasteiger partial charge is 0.388 e. The van der Waals surface area contributed by atoms with Crippen LogP contribution in [0.2, 0.25) is 0 Å². The molecule has 1 aromatic carbocycles. The first kappa shape index (κ1) is 15.7. The van der Waals surface area contributed by atoms with Crippen LogP contribution < -0.4 is 10.6 Å². The first-order valence-electron chi connectivity index (χ1n) is 7.21. The molecule has 0 atom stereocenters. The van der Waals surface area contributed by atoms with E-state index in [2.05, 4.69) is 10.6 Å². The molecule has 1 saturated carbocycles. The van der Waals surface area contributed by atoms with Gasteiger partial charge in [0.05, 0.1) is 5.60 Å². The number of hydrogen-bond donors (Lipinski definition) is 3. The average Bonchev–Trinajstić information content (AvgIpc) is 2.66. The van der Waals surface area contributed by atoms with Crippen molar-refractivity contribution in [2.45, 2.75) is 44.1 Å². The standard InChI is InChI=1S/C15H20F2N2O2/c16-12-6-5-11(9-13(12)17)19-14(20)18-10-15(21)7-3-1-2-4-8-15/h5-6,9,21H,1-4,7-8,10H2,(H2,18,19,20). The summed E-state index contributed by atoms with van der Waals surface area (Å²) < 4.78 is 25.8. The summed E-state index contributed by atoms with van der Waals surface area (Å²) in [5.41, 5.74) is -0.707. The first-order valence-corrected chi connectivity index (χ1v) is 7.21. The Kier molecular flexibility index (Phi) is 5.12. The topological polar surface area (TPSA) is 61.4 Å². The lowest BCUT2D eigenvalue weighted by Gasteiger charge is -2.26. The van der Waals surface area contributed by atoms with Crippen LogP contribution in [-0.2, 0) is 0 Å². The molecule has 116 valence electrons. The predicted octanol–water partition coefficient (Wildman–Crippen LogP) is 3.17. The third-order valence-corrected chi connectivity index (χ3v) is 3.79. The van der Waals surface area contributed by atoms with E-state index in [9.17, 15) is 18.7 Å². The molecule has 1 aliphatic carbocycles. The molecule has 0 aromatic heterocycles. The maximum absolute atomic E-state index is 13.0. The third kappa shape index (κ3) is 4.67. The summed E-state index contributed by atoms with van der Waals surface area (Å²) in [4.78, 5) is 11.7. The highest BCUT2D eigenvalue weighted by molar-refractivity contribution is 5.89. The van der Waals surface area contributed by atoms with Crippen LogP contribution in [0.15, 0.2) is 18.2 Å². The van der Waals surface area contributed by atoms with E-state index in [1.54, 1.807) is 0 Å². The van der Waals surface area contributed by atoms with E-state index in [1.807, 2.05) is 0 Å². The Balaban J connectivity index is 1.85. The maximum atomic E-state index is 13.0. The Morgan fingerprint density at radius 2 is 1.81 bits per heavy atom. The number of carbonyl (C=O) groups excluding carboxylic acids is 1. The number of amides is 2. The fraction of sp³-hybridized carbons (Fsp3) is 0.533. The molecule has 0 saturated heterocycles. The molecule has 0 heterocycles. The first-order chi connectivity index (χ1) is 9.98. The molecule has 0 unspecified atom stereocenters. The van der Waals surface area contributed by atoms with Gasteiger partial charge in [0.2, 0.25) is 0 Å². The highest BCUT2D eigenvalue weighted by Gasteiger charge is 2.28. The molecule has 6 heteroatoms. The van der Waals surface area contributed by atoms with Crippen molar-refractivity contribution in [2.75, 3.05) is 11.9 Å². The molecule has 4 nitrogen and oxygen atoms in total. The molecule has 0 aliphatic heterocycles. The number of anilines is 1. The summed E-state index contributed by atoms with van der Waals surface area (Å²) in [5.74, 6) is -1.98. The van der Waals surface area contributed by atoms with Crippen LogP contribution in [-0.4, -0.2) is 23.3 Å². The molecule has 2 amide bonds. The molecular formula is C15H20F2N2O2. The lowest BCUT2D eigenvalue weighted by Crippen LogP contribution is -2.44. The van der Waals surface area contributed by atoms with E-state index in [0.717, 1.165) is 37.8 Å². The number of aliphatic hydroxyl groups is 1. The van der Waals surface area contributed by atoms with Gasteiger partial charge in [-0.3, -0.25) is 0 Å². The monoisotopic (exact) mass is 298 g/mol. The Morgan fingerprint density at radius 3 is 2.43 bits per heavy atom. The second-order valence-corrected chi connectivity index (χ2v) is 5.58. The van der Waals surface area contributed by atoms with Gasteiger partial charge >= 0.3 is 6.03 Å². The van der Waals surface area contributed by atoms with Crippen LogP contribution in [0.25, 0.3) is 0 Å². The van der Waals surface area contributed by atoms with Gasteiger partial charge in [0.1, 0.15) is 0 Å². The van der Waals surface area contributed by atoms with E-state index in [-0.39, 0.29) is 12.2 Å². The molecule has 1 aliphatic rings. The van der Waals surface area contributed by atoms with Gasteiger partial charge in [0, 0.05) is 18.3 Å². The summed E-state index contributed by atoms with van der Waals surface area (Å²) in [6.07, 6.45) is 5.43. The number of benzene rings is 1. The molecule has 2 rings (SSSR count). The number of nitrogens with one attached hydrogen (secondary N) is 2. The SMILES string of the molecule is O=C(NCC1(O)CCCCCC1)Nc1ccc(F)c(F)c1. The minimum atomic E-state index is -1.02. The summed E-state index contributed by atoms with van der Waals surface area (Å²) in [6.45, 7) is 0.155. The van der Waals surface area contributed by atoms with Crippen LogP contribution in [0, 0.1) is 11.6 Å². The lowest BCUT2D eigenvalue weighted by molar-refractivity contribution is 0.0281. The molecular weight excluding hydrogens is 278 g/mol. The highest BCUT2D eigenvalue weighted by Crippen LogP contribution is 2.26. The smallest absolute Gasteiger partial charge is 0.319 e. The Bertz CT molecular complexity index is 500. The van der Waals surface area contributed by atoms with Crippen molar-refractivity contribution < 1.29 is 18.7 Å². The van der Waals surface area contributed by atoms with Crippen molar-refractivity contribution in [3.63, 3.8) is 0 Å². The van der Waals surface area contributed by atoms with Crippen molar-refractivity contribution in [1.82, 2.24) is 5.32 Å². The van der Waals surface area contributed by atoms with Gasteiger partial charge in [-0.05, 0) is 25.0 Å². The van der Waals surface area contributed by atoms with Gasteiger partial charge in [-0.15, -0.1) is 0 Å². The van der Waals surface area contributed by atoms with Gasteiger partial charge in [-0.2, -0.15) is 0 Å². The number of carbonyl (C=O) groups is 1. The van der Waals surface area contributed by atoms with Crippen LogP contribution in [0.1, 0.15) is 38.5 Å². The molecule has 0 spiro atoms. The number of urea groups is 1. The fourth-order valence-electron chi connectivity index (χ4n) is 2.56. The van der Waals surface area contributed by atoms with Crippen LogP contribution in [0.3, 0.4) is 0 Å². The summed E-state index contributed by atoms with van der Waals surface area (Å²) >= 11 is 0. The summed E-state index contributed by atoms with van der Waals surface area (Å²) in [5, 5.41) is 15.4. The summed E-state index contributed by atoms with van der Waals surface area (Å²) in [6, 6.07) is 2.59. The zero-order valence-corrected chi connectivity index (χ0v) is 11.8. The van der Waals surface area contributed by atoms with Crippen LogP contribution >= 0.6 is 0 Å². The van der Waals surface area contributed by atoms with E-state index in [1.165, 1.54) is 6.07 Å². The van der Waals surface area contributed by atoms with Gasteiger partial charge < -0.3 is 15.7 Å². The molecule has 21 heavy (non-hydrogen) atoms. The minimum absolute atomic E-state index is 0.155. The Labute approximate surface area is 122 Å². The van der Waals surface area contributed by atoms with E-state index < -0.39 is 23.3 Å². The molecule has 3 N–H and O–H groups in total. The number of hydrogen-bond acceptors (Lipinski definition) is 2. The van der Waals surface area contributed by atoms with Gasteiger partial charge in [-0.25, -0.2) is 13.6 Å². The average molecular weight is 298 g/mol. The summed E-state index contributed by atoms with van der Waals surface area (Å²) in [7, 11) is 0. The van der Waals surface area contributed by atoms with Gasteiger partial charge in [0.25, 0.3) is 0 Å². The van der Waals surface area contributed by atoms with E-state index in [0.29, 0.717) is 12.8 Å². The number of rotatable bonds is 3. The van der Waals surface area contributed by atoms with Crippen LogP contribution in [0.5, 0.6) is 0 Å². The second-order valence-electron chi connectivity index (χ2n) is 5.58. The van der Waals surface area contributed by atoms with E-state index >= 15 is 0 Å². The Morgan fingerprint density at radius 1 is 1.14 bits per heavy atom. The second kappa shape index (κ2) is 6.85. The maximum Gasteiger partial charge on any atom is 0.319 e. The lowest BCUT2D eigenvalue weighted by atomic mass is 9.95. The third-order valence-electron chi connectivity index (χ3n) is 3.79. The highest BCUT2D eigenvalue weighted by atomic mass is 19.2. The molecule has 0 bridgehead atoms. The van der Waals surface area contributed by atoms with Crippen molar-refractivity contribution in [1.29, 1.82) is 0 Å². The van der Waals surface area contributed by atoms with Gasteiger partial charge in [0.15, 0.2) is 11.6 Å². The molecule has 1 aromatic rings. The zero-order chi connectivity index (χ0) is 15.3. The zero-order valence-electron chi connectivity index (χ0n) is 11.8. The number of halogens is 2. The predicted molar refractivity (Wildman–Crippen MR) is 76.0 cm³/mol. The van der Waals surface area contributed by atoms with Gasteiger partial charge in [-0.1, -0.05) is 25.7 Å². The Hall–Kier alpha value is -1.69. The van der Waals surface area contributed by atoms with E-state index in [4.69, 9.17) is 0 Å². The van der Waals surface area contributed by atoms with Crippen molar-refractivity contribution in [2.24, 2.45) is 0 Å². The quantitative estimate of drug-likeness (QED) is 0.751. The fourth-order valence-corrected chi connectivity index (χ4v) is 2.56.